The van der Waals surface area contributed by atoms with Gasteiger partial charge < -0.3 is 0 Å². The Labute approximate surface area is 102 Å². The summed E-state index contributed by atoms with van der Waals surface area (Å²) in [6.45, 7) is 0. The van der Waals surface area contributed by atoms with E-state index in [1.54, 1.807) is 6.07 Å². The molecule has 0 radical (unpaired) electrons. The molecule has 0 N–H and O–H groups in total. The topological polar surface area (TPSA) is 42.9 Å². The summed E-state index contributed by atoms with van der Waals surface area (Å²) in [5.41, 5.74) is 0.528. The summed E-state index contributed by atoms with van der Waals surface area (Å²) in [5.74, 6) is -0.933. The number of benzene rings is 1. The quantitative estimate of drug-likeness (QED) is 0.787. The Bertz CT molecular complexity index is 545. The van der Waals surface area contributed by atoms with Crippen molar-refractivity contribution in [2.75, 3.05) is 0 Å². The lowest BCUT2D eigenvalue weighted by atomic mass is 10.1. The maximum atomic E-state index is 13.4. The first-order valence-electron chi connectivity index (χ1n) is 4.90. The van der Waals surface area contributed by atoms with Gasteiger partial charge in [-0.05, 0) is 24.3 Å². The van der Waals surface area contributed by atoms with E-state index in [4.69, 9.17) is 11.6 Å². The van der Waals surface area contributed by atoms with E-state index in [0.717, 1.165) is 0 Å². The predicted octanol–water partition coefficient (Wildman–Crippen LogP) is 2.69. The lowest BCUT2D eigenvalue weighted by molar-refractivity contribution is 0.0988. The minimum Gasteiger partial charge on any atom is -0.294 e. The van der Waals surface area contributed by atoms with Crippen LogP contribution in [0.3, 0.4) is 0 Å². The highest BCUT2D eigenvalue weighted by Crippen LogP contribution is 2.16. The molecular weight excluding hydrogens is 243 g/mol. The summed E-state index contributed by atoms with van der Waals surface area (Å²) in [4.78, 5) is 19.5. The number of ketones is 1. The largest absolute Gasteiger partial charge is 0.294 e. The van der Waals surface area contributed by atoms with Crippen molar-refractivity contribution in [1.82, 2.24) is 9.97 Å². The first-order valence-corrected chi connectivity index (χ1v) is 5.28. The molecule has 2 aromatic rings. The molecule has 0 aliphatic rings. The Balaban J connectivity index is 2.23. The molecule has 1 heterocycles. The van der Waals surface area contributed by atoms with Gasteiger partial charge in [-0.3, -0.25) is 4.79 Å². The fourth-order valence-electron chi connectivity index (χ4n) is 1.39. The molecular formula is C12H8ClFN2O. The Morgan fingerprint density at radius 2 is 2.18 bits per heavy atom. The highest BCUT2D eigenvalue weighted by atomic mass is 35.5. The summed E-state index contributed by atoms with van der Waals surface area (Å²) >= 11 is 5.72. The molecule has 0 bridgehead atoms. The zero-order valence-corrected chi connectivity index (χ0v) is 9.49. The van der Waals surface area contributed by atoms with Crippen molar-refractivity contribution in [1.29, 1.82) is 0 Å². The SMILES string of the molecule is O=C(Cc1ccncn1)c1cc(Cl)ccc1F. The molecule has 0 unspecified atom stereocenters. The maximum Gasteiger partial charge on any atom is 0.171 e. The number of hydrogen-bond acceptors (Lipinski definition) is 3. The zero-order chi connectivity index (χ0) is 12.3. The summed E-state index contributed by atoms with van der Waals surface area (Å²) in [6, 6.07) is 5.51. The smallest absolute Gasteiger partial charge is 0.171 e. The molecule has 17 heavy (non-hydrogen) atoms. The van der Waals surface area contributed by atoms with E-state index in [9.17, 15) is 9.18 Å². The average Bonchev–Trinajstić information content (AvgIpc) is 2.33. The van der Waals surface area contributed by atoms with Crippen molar-refractivity contribution in [3.8, 4) is 0 Å². The number of aromatic nitrogens is 2. The van der Waals surface area contributed by atoms with Crippen LogP contribution in [0.5, 0.6) is 0 Å². The third-order valence-electron chi connectivity index (χ3n) is 2.21. The number of carbonyl (C=O) groups is 1. The summed E-state index contributed by atoms with van der Waals surface area (Å²) in [6.07, 6.45) is 2.90. The molecule has 0 aliphatic heterocycles. The average molecular weight is 251 g/mol. The zero-order valence-electron chi connectivity index (χ0n) is 8.73. The number of carbonyl (C=O) groups excluding carboxylic acids is 1. The fourth-order valence-corrected chi connectivity index (χ4v) is 1.57. The van der Waals surface area contributed by atoms with Crippen molar-refractivity contribution in [2.24, 2.45) is 0 Å². The first-order chi connectivity index (χ1) is 8.16. The minimum absolute atomic E-state index is 0.0175. The van der Waals surface area contributed by atoms with E-state index in [1.165, 1.54) is 30.7 Å². The van der Waals surface area contributed by atoms with Gasteiger partial charge >= 0.3 is 0 Å². The number of halogens is 2. The van der Waals surface area contributed by atoms with Crippen LogP contribution in [0.25, 0.3) is 0 Å². The maximum absolute atomic E-state index is 13.4. The Morgan fingerprint density at radius 1 is 1.35 bits per heavy atom. The first kappa shape index (κ1) is 11.7. The molecule has 0 fully saturated rings. The molecule has 2 rings (SSSR count). The molecule has 0 aliphatic carbocycles. The monoisotopic (exact) mass is 250 g/mol. The Hall–Kier alpha value is -1.81. The van der Waals surface area contributed by atoms with E-state index in [-0.39, 0.29) is 17.8 Å². The number of hydrogen-bond donors (Lipinski definition) is 0. The van der Waals surface area contributed by atoms with E-state index in [2.05, 4.69) is 9.97 Å². The molecule has 0 amide bonds. The van der Waals surface area contributed by atoms with Gasteiger partial charge in [0.25, 0.3) is 0 Å². The van der Waals surface area contributed by atoms with Crippen molar-refractivity contribution in [3.05, 3.63) is 58.9 Å². The second-order valence-corrected chi connectivity index (χ2v) is 3.86. The van der Waals surface area contributed by atoms with Gasteiger partial charge in [0.1, 0.15) is 12.1 Å². The number of Topliss-reactive ketones (excluding diaryl/α,β-unsaturated/α-hetero) is 1. The summed E-state index contributed by atoms with van der Waals surface area (Å²) in [5, 5.41) is 0.331. The molecule has 0 saturated carbocycles. The van der Waals surface area contributed by atoms with Gasteiger partial charge in [0.05, 0.1) is 17.7 Å². The van der Waals surface area contributed by atoms with E-state index < -0.39 is 5.82 Å². The fraction of sp³-hybridized carbons (Fsp3) is 0.0833. The Kier molecular flexibility index (Phi) is 3.44. The second kappa shape index (κ2) is 5.01. The second-order valence-electron chi connectivity index (χ2n) is 3.42. The van der Waals surface area contributed by atoms with Gasteiger partial charge in [-0.15, -0.1) is 0 Å². The molecule has 1 aromatic carbocycles. The van der Waals surface area contributed by atoms with Gasteiger partial charge in [-0.25, -0.2) is 14.4 Å². The van der Waals surface area contributed by atoms with Crippen LogP contribution in [0, 0.1) is 5.82 Å². The van der Waals surface area contributed by atoms with Crippen LogP contribution >= 0.6 is 11.6 Å². The van der Waals surface area contributed by atoms with E-state index in [1.807, 2.05) is 0 Å². The van der Waals surface area contributed by atoms with Crippen LogP contribution in [0.2, 0.25) is 5.02 Å². The van der Waals surface area contributed by atoms with Crippen molar-refractivity contribution < 1.29 is 9.18 Å². The normalized spacial score (nSPS) is 10.2. The molecule has 0 atom stereocenters. The van der Waals surface area contributed by atoms with Gasteiger partial charge in [0, 0.05) is 11.2 Å². The number of rotatable bonds is 3. The van der Waals surface area contributed by atoms with Crippen molar-refractivity contribution in [3.63, 3.8) is 0 Å². The van der Waals surface area contributed by atoms with E-state index >= 15 is 0 Å². The molecule has 5 heteroatoms. The van der Waals surface area contributed by atoms with Gasteiger partial charge in [-0.1, -0.05) is 11.6 Å². The minimum atomic E-state index is -0.576. The molecule has 3 nitrogen and oxygen atoms in total. The van der Waals surface area contributed by atoms with Crippen molar-refractivity contribution >= 4 is 17.4 Å². The third-order valence-corrected chi connectivity index (χ3v) is 2.45. The van der Waals surface area contributed by atoms with Gasteiger partial charge in [0.2, 0.25) is 0 Å². The van der Waals surface area contributed by atoms with Crippen molar-refractivity contribution in [2.45, 2.75) is 6.42 Å². The van der Waals surface area contributed by atoms with E-state index in [0.29, 0.717) is 10.7 Å². The lowest BCUT2D eigenvalue weighted by Gasteiger charge is -2.02. The van der Waals surface area contributed by atoms with Gasteiger partial charge in [0.15, 0.2) is 5.78 Å². The third kappa shape index (κ3) is 2.85. The Morgan fingerprint density at radius 3 is 2.88 bits per heavy atom. The van der Waals surface area contributed by atoms with Crippen LogP contribution in [-0.2, 0) is 6.42 Å². The van der Waals surface area contributed by atoms with Crippen LogP contribution in [0.1, 0.15) is 16.1 Å². The van der Waals surface area contributed by atoms with Crippen LogP contribution in [-0.4, -0.2) is 15.8 Å². The summed E-state index contributed by atoms with van der Waals surface area (Å²) < 4.78 is 13.4. The standard InChI is InChI=1S/C12H8ClFN2O/c13-8-1-2-11(14)10(5-8)12(17)6-9-3-4-15-7-16-9/h1-5,7H,6H2. The molecule has 0 saturated heterocycles. The van der Waals surface area contributed by atoms with Gasteiger partial charge in [-0.2, -0.15) is 0 Å². The van der Waals surface area contributed by atoms with Crippen LogP contribution in [0.4, 0.5) is 4.39 Å². The molecule has 0 spiro atoms. The lowest BCUT2D eigenvalue weighted by Crippen LogP contribution is -2.07. The predicted molar refractivity (Wildman–Crippen MR) is 61.5 cm³/mol. The summed E-state index contributed by atoms with van der Waals surface area (Å²) in [7, 11) is 0. The molecule has 86 valence electrons. The molecule has 1 aromatic heterocycles. The highest BCUT2D eigenvalue weighted by Gasteiger charge is 2.13. The highest BCUT2D eigenvalue weighted by molar-refractivity contribution is 6.31. The van der Waals surface area contributed by atoms with Crippen LogP contribution < -0.4 is 0 Å². The van der Waals surface area contributed by atoms with Crippen LogP contribution in [0.15, 0.2) is 36.8 Å². The number of nitrogens with zero attached hydrogens (tertiary/aromatic N) is 2.